The first-order valence-electron chi connectivity index (χ1n) is 27.2. The fourth-order valence-corrected chi connectivity index (χ4v) is 10.0. The van der Waals surface area contributed by atoms with Gasteiger partial charge in [-0.1, -0.05) is 187 Å². The fourth-order valence-electron chi connectivity index (χ4n) is 10.0. The van der Waals surface area contributed by atoms with E-state index in [-0.39, 0.29) is 47.4 Å². The van der Waals surface area contributed by atoms with Crippen LogP contribution < -0.4 is 9.80 Å². The highest BCUT2D eigenvalue weighted by Crippen LogP contribution is 2.51. The van der Waals surface area contributed by atoms with Crippen LogP contribution >= 0.6 is 0 Å². The molecule has 0 saturated heterocycles. The molecule has 0 aliphatic rings. The van der Waals surface area contributed by atoms with Gasteiger partial charge in [0, 0.05) is 32.8 Å². The molecule has 12 aromatic rings. The second-order valence-corrected chi connectivity index (χ2v) is 17.2. The van der Waals surface area contributed by atoms with Crippen molar-refractivity contribution in [1.29, 1.82) is 0 Å². The SMILES string of the molecule is [2H]c1c([2H])c([2H])c(-c2ccc(N(c3c(C)ccc4ccc(C)cc34)c3ccc4ccc5c(N(c6ccccc6-c6c([2H])c([2H])c([2H])c([2H])c6[2H])c6c(C)ccc7ccc(C)cc67)ccc6ccc3c4c65)cc2)c([2H])c1[2H]. The molecule has 12 aromatic carbocycles. The molecular weight excluding hydrogens is 797 g/mol. The van der Waals surface area contributed by atoms with Gasteiger partial charge in [0.1, 0.15) is 0 Å². The summed E-state index contributed by atoms with van der Waals surface area (Å²) in [5.41, 5.74) is 10.5. The van der Waals surface area contributed by atoms with Crippen molar-refractivity contribution in [3.05, 3.63) is 240 Å². The highest BCUT2D eigenvalue weighted by Gasteiger charge is 2.26. The molecular formula is C64H48N2. The highest BCUT2D eigenvalue weighted by atomic mass is 15.2. The van der Waals surface area contributed by atoms with Gasteiger partial charge in [0.15, 0.2) is 0 Å². The maximum atomic E-state index is 9.20. The largest absolute Gasteiger partial charge is 0.309 e. The first-order valence-corrected chi connectivity index (χ1v) is 22.2. The maximum absolute atomic E-state index is 9.20. The Bertz CT molecular complexity index is 4350. The summed E-state index contributed by atoms with van der Waals surface area (Å²) in [6.07, 6.45) is 0. The molecule has 12 rings (SSSR count). The van der Waals surface area contributed by atoms with Crippen LogP contribution in [-0.2, 0) is 0 Å². The Morgan fingerprint density at radius 3 is 1.39 bits per heavy atom. The van der Waals surface area contributed by atoms with Gasteiger partial charge in [-0.2, -0.15) is 0 Å². The zero-order valence-electron chi connectivity index (χ0n) is 46.9. The Labute approximate surface area is 400 Å². The Hall–Kier alpha value is -8.20. The minimum atomic E-state index is -0.450. The maximum Gasteiger partial charge on any atom is 0.0629 e. The highest BCUT2D eigenvalue weighted by molar-refractivity contribution is 6.28. The van der Waals surface area contributed by atoms with Crippen LogP contribution in [0.3, 0.4) is 0 Å². The number of aryl methyl sites for hydroxylation is 4. The van der Waals surface area contributed by atoms with Crippen molar-refractivity contribution in [3.8, 4) is 22.3 Å². The molecule has 0 aromatic heterocycles. The Morgan fingerprint density at radius 2 is 0.818 bits per heavy atom. The second-order valence-electron chi connectivity index (χ2n) is 17.2. The lowest BCUT2D eigenvalue weighted by molar-refractivity contribution is 1.28. The number of hydrogen-bond acceptors (Lipinski definition) is 2. The molecule has 0 unspecified atom stereocenters. The van der Waals surface area contributed by atoms with Gasteiger partial charge in [-0.15, -0.1) is 0 Å². The van der Waals surface area contributed by atoms with Crippen molar-refractivity contribution in [1.82, 2.24) is 0 Å². The predicted octanol–water partition coefficient (Wildman–Crippen LogP) is 18.4. The summed E-state index contributed by atoms with van der Waals surface area (Å²) in [7, 11) is 0. The quantitative estimate of drug-likeness (QED) is 0.141. The molecule has 0 spiro atoms. The molecule has 0 aliphatic heterocycles. The van der Waals surface area contributed by atoms with E-state index >= 15 is 0 Å². The minimum absolute atomic E-state index is 0.114. The first kappa shape index (κ1) is 30.0. The summed E-state index contributed by atoms with van der Waals surface area (Å²) >= 11 is 0. The molecule has 0 bridgehead atoms. The number of nitrogens with zero attached hydrogens (tertiary/aromatic N) is 2. The van der Waals surface area contributed by atoms with Gasteiger partial charge in [0.25, 0.3) is 0 Å². The van der Waals surface area contributed by atoms with Gasteiger partial charge < -0.3 is 9.80 Å². The third-order valence-electron chi connectivity index (χ3n) is 13.1. The Balaban J connectivity index is 1.15. The van der Waals surface area contributed by atoms with Crippen LogP contribution in [0.25, 0.3) is 76.1 Å². The standard InChI is InChI=1S/C64H48N2/c1-41-19-23-48-25-21-43(3)63(56(48)39-41)65(52-33-27-46(28-34-52)45-13-7-5-8-14-45)59-37-31-50-30-36-55-60(38-32-51-29-35-54(59)61(50)62(51)55)66(58-18-12-11-17-53(58)47-15-9-6-10-16-47)64-44(4)22-26-49-24-20-42(2)40-57(49)64/h5-40H,1-4H3/i5D,6D,7D,8D,9D,10D,13D,14D,15D,16D. The molecule has 2 nitrogen and oxygen atoms in total. The molecule has 0 N–H and O–H groups in total. The van der Waals surface area contributed by atoms with Crippen LogP contribution in [-0.4, -0.2) is 0 Å². The topological polar surface area (TPSA) is 6.48 Å². The van der Waals surface area contributed by atoms with Crippen LogP contribution in [0.1, 0.15) is 36.0 Å². The summed E-state index contributed by atoms with van der Waals surface area (Å²) in [4.78, 5) is 4.49. The third kappa shape index (κ3) is 6.48. The number of hydrogen-bond donors (Lipinski definition) is 0. The fraction of sp³-hybridized carbons (Fsp3) is 0.0625. The van der Waals surface area contributed by atoms with Crippen molar-refractivity contribution in [2.75, 3.05) is 9.80 Å². The van der Waals surface area contributed by atoms with E-state index in [9.17, 15) is 2.74 Å². The molecule has 0 aliphatic carbocycles. The summed E-state index contributed by atoms with van der Waals surface area (Å²) in [5.74, 6) is 0. The van der Waals surface area contributed by atoms with E-state index in [0.29, 0.717) is 16.8 Å². The van der Waals surface area contributed by atoms with Crippen LogP contribution in [0, 0.1) is 27.7 Å². The zero-order valence-corrected chi connectivity index (χ0v) is 36.9. The average Bonchev–Trinajstić information content (AvgIpc) is 3.59. The Kier molecular flexibility index (Phi) is 7.19. The molecule has 0 heterocycles. The lowest BCUT2D eigenvalue weighted by Crippen LogP contribution is -2.14. The molecule has 2 heteroatoms. The smallest absolute Gasteiger partial charge is 0.0629 e. The van der Waals surface area contributed by atoms with Crippen LogP contribution in [0.5, 0.6) is 0 Å². The lowest BCUT2D eigenvalue weighted by atomic mass is 9.90. The van der Waals surface area contributed by atoms with E-state index in [1.54, 1.807) is 0 Å². The normalized spacial score (nSPS) is 13.8. The summed E-state index contributed by atoms with van der Waals surface area (Å²) in [6, 6.07) is 50.2. The van der Waals surface area contributed by atoms with Crippen molar-refractivity contribution < 1.29 is 13.7 Å². The monoisotopic (exact) mass is 854 g/mol. The van der Waals surface area contributed by atoms with Crippen LogP contribution in [0.2, 0.25) is 0 Å². The Morgan fingerprint density at radius 1 is 0.348 bits per heavy atom. The van der Waals surface area contributed by atoms with E-state index < -0.39 is 24.2 Å². The second kappa shape index (κ2) is 15.8. The summed E-state index contributed by atoms with van der Waals surface area (Å²) in [6.45, 7) is 8.36. The number of rotatable bonds is 8. The minimum Gasteiger partial charge on any atom is -0.309 e. The van der Waals surface area contributed by atoms with Gasteiger partial charge in [-0.25, -0.2) is 0 Å². The summed E-state index contributed by atoms with van der Waals surface area (Å²) < 4.78 is 86.9. The molecule has 0 radical (unpaired) electrons. The number of para-hydroxylation sites is 1. The van der Waals surface area contributed by atoms with Crippen molar-refractivity contribution >= 4 is 88.0 Å². The predicted molar refractivity (Wildman–Crippen MR) is 284 cm³/mol. The molecule has 0 atom stereocenters. The van der Waals surface area contributed by atoms with Gasteiger partial charge in [-0.05, 0) is 130 Å². The van der Waals surface area contributed by atoms with Crippen molar-refractivity contribution in [2.45, 2.75) is 27.7 Å². The van der Waals surface area contributed by atoms with Crippen molar-refractivity contribution in [3.63, 3.8) is 0 Å². The molecule has 0 fully saturated rings. The molecule has 0 amide bonds. The van der Waals surface area contributed by atoms with E-state index in [1.807, 2.05) is 48.5 Å². The zero-order chi connectivity index (χ0) is 53.2. The van der Waals surface area contributed by atoms with Crippen LogP contribution in [0.4, 0.5) is 34.1 Å². The number of anilines is 6. The number of benzene rings is 12. The van der Waals surface area contributed by atoms with Gasteiger partial charge in [0.05, 0.1) is 42.1 Å². The molecule has 66 heavy (non-hydrogen) atoms. The molecule has 314 valence electrons. The van der Waals surface area contributed by atoms with Crippen LogP contribution in [0.15, 0.2) is 218 Å². The average molecular weight is 855 g/mol. The summed E-state index contributed by atoms with van der Waals surface area (Å²) in [5, 5.41) is 10.2. The van der Waals surface area contributed by atoms with Gasteiger partial charge >= 0.3 is 0 Å². The first-order chi connectivity index (χ1) is 36.5. The van der Waals surface area contributed by atoms with Gasteiger partial charge in [0.2, 0.25) is 0 Å². The van der Waals surface area contributed by atoms with E-state index in [1.165, 1.54) is 0 Å². The van der Waals surface area contributed by atoms with E-state index in [4.69, 9.17) is 11.0 Å². The van der Waals surface area contributed by atoms with Gasteiger partial charge in [-0.3, -0.25) is 0 Å². The van der Waals surface area contributed by atoms with E-state index in [0.717, 1.165) is 105 Å². The molecule has 0 saturated carbocycles. The van der Waals surface area contributed by atoms with E-state index in [2.05, 4.69) is 147 Å². The lowest BCUT2D eigenvalue weighted by Gasteiger charge is -2.32. The number of fused-ring (bicyclic) bond motifs is 2. The third-order valence-corrected chi connectivity index (χ3v) is 13.1. The van der Waals surface area contributed by atoms with Crippen molar-refractivity contribution in [2.24, 2.45) is 0 Å².